The highest BCUT2D eigenvalue weighted by Crippen LogP contribution is 2.27. The highest BCUT2D eigenvalue weighted by atomic mass is 127. The summed E-state index contributed by atoms with van der Waals surface area (Å²) in [4.78, 5) is 14.3. The molecule has 0 bridgehead atoms. The average molecular weight is 424 g/mol. The standard InChI is InChI=1S/C13H15BrINO2/c14-9-4-5-12(15)11(8-9)13(18)16(6-7-17)10-2-1-3-10/h4-5,8,10,17H,1-3,6-7H2. The minimum Gasteiger partial charge on any atom is -0.395 e. The minimum atomic E-state index is 0.0207. The Bertz CT molecular complexity index is 449. The van der Waals surface area contributed by atoms with Crippen LogP contribution >= 0.6 is 38.5 Å². The number of rotatable bonds is 4. The summed E-state index contributed by atoms with van der Waals surface area (Å²) in [6, 6.07) is 6.01. The van der Waals surface area contributed by atoms with Crippen LogP contribution in [0.25, 0.3) is 0 Å². The molecule has 1 amide bonds. The van der Waals surface area contributed by atoms with E-state index >= 15 is 0 Å². The Hall–Kier alpha value is -0.140. The number of amides is 1. The number of halogens is 2. The van der Waals surface area contributed by atoms with Gasteiger partial charge in [0.1, 0.15) is 0 Å². The molecule has 0 aliphatic heterocycles. The molecular weight excluding hydrogens is 409 g/mol. The van der Waals surface area contributed by atoms with Crippen LogP contribution in [0.1, 0.15) is 29.6 Å². The van der Waals surface area contributed by atoms with E-state index in [1.807, 2.05) is 23.1 Å². The first-order valence-electron chi connectivity index (χ1n) is 6.00. The van der Waals surface area contributed by atoms with Crippen molar-refractivity contribution >= 4 is 44.4 Å². The molecule has 1 saturated carbocycles. The monoisotopic (exact) mass is 423 g/mol. The molecule has 0 spiro atoms. The molecular formula is C13H15BrINO2. The van der Waals surface area contributed by atoms with Gasteiger partial charge in [0.2, 0.25) is 0 Å². The fourth-order valence-electron chi connectivity index (χ4n) is 2.07. The maximum atomic E-state index is 12.5. The molecule has 0 unspecified atom stereocenters. The first-order chi connectivity index (χ1) is 8.63. The van der Waals surface area contributed by atoms with Gasteiger partial charge in [-0.2, -0.15) is 0 Å². The lowest BCUT2D eigenvalue weighted by atomic mass is 9.91. The highest BCUT2D eigenvalue weighted by Gasteiger charge is 2.29. The minimum absolute atomic E-state index is 0.0207. The molecule has 2 rings (SSSR count). The first kappa shape index (κ1) is 14.3. The summed E-state index contributed by atoms with van der Waals surface area (Å²) < 4.78 is 1.85. The van der Waals surface area contributed by atoms with Crippen molar-refractivity contribution in [2.75, 3.05) is 13.2 Å². The van der Waals surface area contributed by atoms with Crippen molar-refractivity contribution < 1.29 is 9.90 Å². The predicted octanol–water partition coefficient (Wildman–Crippen LogP) is 3.04. The Labute approximate surface area is 129 Å². The molecule has 98 valence electrons. The van der Waals surface area contributed by atoms with Gasteiger partial charge in [-0.05, 0) is 60.1 Å². The molecule has 1 aromatic carbocycles. The summed E-state index contributed by atoms with van der Waals surface area (Å²) in [6.45, 7) is 0.443. The summed E-state index contributed by atoms with van der Waals surface area (Å²) in [5.41, 5.74) is 0.713. The van der Waals surface area contributed by atoms with E-state index in [0.717, 1.165) is 20.9 Å². The topological polar surface area (TPSA) is 40.5 Å². The van der Waals surface area contributed by atoms with Crippen LogP contribution < -0.4 is 0 Å². The van der Waals surface area contributed by atoms with Crippen LogP contribution in [-0.4, -0.2) is 35.1 Å². The number of carbonyl (C=O) groups excluding carboxylic acids is 1. The van der Waals surface area contributed by atoms with E-state index in [4.69, 9.17) is 5.11 Å². The normalized spacial score (nSPS) is 15.3. The second-order valence-electron chi connectivity index (χ2n) is 4.43. The smallest absolute Gasteiger partial charge is 0.255 e. The van der Waals surface area contributed by atoms with E-state index in [0.29, 0.717) is 18.2 Å². The quantitative estimate of drug-likeness (QED) is 0.756. The molecule has 0 aromatic heterocycles. The van der Waals surface area contributed by atoms with Crippen LogP contribution in [0.2, 0.25) is 0 Å². The van der Waals surface area contributed by atoms with Gasteiger partial charge in [0.05, 0.1) is 12.2 Å². The van der Waals surface area contributed by atoms with E-state index in [1.165, 1.54) is 6.42 Å². The Morgan fingerprint density at radius 1 is 1.50 bits per heavy atom. The van der Waals surface area contributed by atoms with E-state index in [9.17, 15) is 4.79 Å². The van der Waals surface area contributed by atoms with Crippen molar-refractivity contribution in [2.45, 2.75) is 25.3 Å². The number of aliphatic hydroxyl groups is 1. The largest absolute Gasteiger partial charge is 0.395 e. The van der Waals surface area contributed by atoms with Gasteiger partial charge < -0.3 is 10.0 Å². The van der Waals surface area contributed by atoms with Crippen LogP contribution in [0.15, 0.2) is 22.7 Å². The lowest BCUT2D eigenvalue weighted by Gasteiger charge is -2.37. The molecule has 3 nitrogen and oxygen atoms in total. The lowest BCUT2D eigenvalue weighted by Crippen LogP contribution is -2.45. The van der Waals surface area contributed by atoms with Crippen molar-refractivity contribution in [3.63, 3.8) is 0 Å². The number of hydrogen-bond donors (Lipinski definition) is 1. The fourth-order valence-corrected chi connectivity index (χ4v) is 3.00. The molecule has 0 heterocycles. The van der Waals surface area contributed by atoms with E-state index in [-0.39, 0.29) is 12.5 Å². The van der Waals surface area contributed by atoms with Gasteiger partial charge in [-0.1, -0.05) is 15.9 Å². The molecule has 5 heteroatoms. The maximum absolute atomic E-state index is 12.5. The molecule has 1 aliphatic carbocycles. The highest BCUT2D eigenvalue weighted by molar-refractivity contribution is 14.1. The Morgan fingerprint density at radius 3 is 2.78 bits per heavy atom. The first-order valence-corrected chi connectivity index (χ1v) is 7.87. The van der Waals surface area contributed by atoms with Crippen molar-refractivity contribution in [2.24, 2.45) is 0 Å². The molecule has 1 aliphatic rings. The third-order valence-electron chi connectivity index (χ3n) is 3.28. The second-order valence-corrected chi connectivity index (χ2v) is 6.51. The number of aliphatic hydroxyl groups excluding tert-OH is 1. The summed E-state index contributed by atoms with van der Waals surface area (Å²) >= 11 is 5.57. The van der Waals surface area contributed by atoms with Gasteiger partial charge in [-0.15, -0.1) is 0 Å². The molecule has 1 aromatic rings. The number of benzene rings is 1. The van der Waals surface area contributed by atoms with Crippen LogP contribution in [0.3, 0.4) is 0 Å². The van der Waals surface area contributed by atoms with E-state index in [1.54, 1.807) is 0 Å². The molecule has 0 saturated heterocycles. The van der Waals surface area contributed by atoms with E-state index < -0.39 is 0 Å². The summed E-state index contributed by atoms with van der Waals surface area (Å²) in [7, 11) is 0. The van der Waals surface area contributed by atoms with Gasteiger partial charge in [-0.25, -0.2) is 0 Å². The third-order valence-corrected chi connectivity index (χ3v) is 4.71. The number of nitrogens with zero attached hydrogens (tertiary/aromatic N) is 1. The van der Waals surface area contributed by atoms with Crippen LogP contribution in [-0.2, 0) is 0 Å². The number of hydrogen-bond acceptors (Lipinski definition) is 2. The Morgan fingerprint density at radius 2 is 2.22 bits per heavy atom. The fraction of sp³-hybridized carbons (Fsp3) is 0.462. The van der Waals surface area contributed by atoms with Gasteiger partial charge in [0, 0.05) is 20.6 Å². The lowest BCUT2D eigenvalue weighted by molar-refractivity contribution is 0.0524. The van der Waals surface area contributed by atoms with Gasteiger partial charge >= 0.3 is 0 Å². The van der Waals surface area contributed by atoms with Crippen LogP contribution in [0, 0.1) is 3.57 Å². The molecule has 1 N–H and O–H groups in total. The van der Waals surface area contributed by atoms with Crippen LogP contribution in [0.5, 0.6) is 0 Å². The summed E-state index contributed by atoms with van der Waals surface area (Å²) in [5, 5.41) is 9.12. The third kappa shape index (κ3) is 3.05. The van der Waals surface area contributed by atoms with Crippen molar-refractivity contribution in [3.05, 3.63) is 31.8 Å². The molecule has 0 radical (unpaired) electrons. The van der Waals surface area contributed by atoms with Crippen molar-refractivity contribution in [3.8, 4) is 0 Å². The Kier molecular flexibility index (Phi) is 5.03. The molecule has 1 fully saturated rings. The summed E-state index contributed by atoms with van der Waals surface area (Å²) in [5.74, 6) is 0.0273. The van der Waals surface area contributed by atoms with Crippen molar-refractivity contribution in [1.29, 1.82) is 0 Å². The average Bonchev–Trinajstić information content (AvgIpc) is 2.28. The van der Waals surface area contributed by atoms with Crippen LogP contribution in [0.4, 0.5) is 0 Å². The zero-order chi connectivity index (χ0) is 13.1. The molecule has 18 heavy (non-hydrogen) atoms. The Balaban J connectivity index is 2.23. The SMILES string of the molecule is O=C(c1cc(Br)ccc1I)N(CCO)C1CCC1. The molecule has 0 atom stereocenters. The summed E-state index contributed by atoms with van der Waals surface area (Å²) in [6.07, 6.45) is 3.28. The zero-order valence-corrected chi connectivity index (χ0v) is 13.6. The zero-order valence-electron chi connectivity index (χ0n) is 9.90. The van der Waals surface area contributed by atoms with Gasteiger partial charge in [0.25, 0.3) is 5.91 Å². The maximum Gasteiger partial charge on any atom is 0.255 e. The number of carbonyl (C=O) groups is 1. The predicted molar refractivity (Wildman–Crippen MR) is 82.6 cm³/mol. The van der Waals surface area contributed by atoms with Crippen molar-refractivity contribution in [1.82, 2.24) is 4.90 Å². The van der Waals surface area contributed by atoms with Gasteiger partial charge in [0.15, 0.2) is 0 Å². The second kappa shape index (κ2) is 6.34. The van der Waals surface area contributed by atoms with Gasteiger partial charge in [-0.3, -0.25) is 4.79 Å². The van der Waals surface area contributed by atoms with E-state index in [2.05, 4.69) is 38.5 Å².